The molecule has 2 aromatic carbocycles. The molecule has 5 nitrogen and oxygen atoms in total. The van der Waals surface area contributed by atoms with Crippen LogP contribution in [0.2, 0.25) is 5.02 Å². The summed E-state index contributed by atoms with van der Waals surface area (Å²) in [6.45, 7) is 4.09. The van der Waals surface area contributed by atoms with Crippen LogP contribution in [0.1, 0.15) is 24.2 Å². The van der Waals surface area contributed by atoms with Crippen molar-refractivity contribution in [2.45, 2.75) is 24.0 Å². The molecule has 7 heteroatoms. The summed E-state index contributed by atoms with van der Waals surface area (Å²) in [5.74, 6) is -0.314. The van der Waals surface area contributed by atoms with Crippen molar-refractivity contribution < 1.29 is 9.72 Å². The van der Waals surface area contributed by atoms with Gasteiger partial charge in [-0.3, -0.25) is 14.9 Å². The normalized spacial score (nSPS) is 10.6. The Bertz CT molecular complexity index is 750. The summed E-state index contributed by atoms with van der Waals surface area (Å²) in [6.07, 6.45) is 0. The van der Waals surface area contributed by atoms with Gasteiger partial charge in [0.1, 0.15) is 5.02 Å². The molecular weight excluding hydrogens is 336 g/mol. The first kappa shape index (κ1) is 17.3. The molecule has 0 saturated heterocycles. The Morgan fingerprint density at radius 2 is 1.96 bits per heavy atom. The standard InChI is InChI=1S/C16H15ClN2O3S/c1-10(2)23-15-6-4-3-5-12(15)16(20)18-11-7-8-13(17)14(9-11)19(21)22/h3-10H,1-2H3,(H,18,20). The van der Waals surface area contributed by atoms with Crippen molar-refractivity contribution in [3.63, 3.8) is 0 Å². The van der Waals surface area contributed by atoms with Gasteiger partial charge in [0.25, 0.3) is 11.6 Å². The van der Waals surface area contributed by atoms with Crippen molar-refractivity contribution >= 4 is 40.6 Å². The molecule has 0 aliphatic carbocycles. The molecule has 2 rings (SSSR count). The van der Waals surface area contributed by atoms with Crippen LogP contribution in [0.4, 0.5) is 11.4 Å². The van der Waals surface area contributed by atoms with Crippen LogP contribution in [0.3, 0.4) is 0 Å². The van der Waals surface area contributed by atoms with Gasteiger partial charge < -0.3 is 5.32 Å². The minimum atomic E-state index is -0.583. The average molecular weight is 351 g/mol. The van der Waals surface area contributed by atoms with E-state index in [2.05, 4.69) is 5.32 Å². The summed E-state index contributed by atoms with van der Waals surface area (Å²) >= 11 is 7.35. The highest BCUT2D eigenvalue weighted by molar-refractivity contribution is 8.00. The van der Waals surface area contributed by atoms with E-state index in [1.165, 1.54) is 18.2 Å². The Balaban J connectivity index is 2.26. The number of thioether (sulfide) groups is 1. The first-order valence-electron chi connectivity index (χ1n) is 6.89. The molecule has 1 N–H and O–H groups in total. The van der Waals surface area contributed by atoms with Gasteiger partial charge in [-0.2, -0.15) is 0 Å². The van der Waals surface area contributed by atoms with Crippen molar-refractivity contribution in [1.82, 2.24) is 0 Å². The molecule has 0 bridgehead atoms. The summed E-state index contributed by atoms with van der Waals surface area (Å²) in [5.41, 5.74) is 0.619. The molecule has 0 unspecified atom stereocenters. The van der Waals surface area contributed by atoms with Gasteiger partial charge >= 0.3 is 0 Å². The fourth-order valence-electron chi connectivity index (χ4n) is 1.94. The molecule has 2 aromatic rings. The molecule has 23 heavy (non-hydrogen) atoms. The Morgan fingerprint density at radius 1 is 1.26 bits per heavy atom. The maximum absolute atomic E-state index is 12.5. The van der Waals surface area contributed by atoms with Gasteiger partial charge in [0.05, 0.1) is 10.5 Å². The first-order valence-corrected chi connectivity index (χ1v) is 8.15. The highest BCUT2D eigenvalue weighted by Gasteiger charge is 2.16. The third kappa shape index (κ3) is 4.46. The number of anilines is 1. The number of nitrogens with one attached hydrogen (secondary N) is 1. The molecule has 1 amide bonds. The van der Waals surface area contributed by atoms with E-state index in [9.17, 15) is 14.9 Å². The molecule has 120 valence electrons. The van der Waals surface area contributed by atoms with Gasteiger partial charge in [0.2, 0.25) is 0 Å². The van der Waals surface area contributed by atoms with Gasteiger partial charge in [0.15, 0.2) is 0 Å². The zero-order valence-electron chi connectivity index (χ0n) is 12.6. The highest BCUT2D eigenvalue weighted by Crippen LogP contribution is 2.29. The van der Waals surface area contributed by atoms with Gasteiger partial charge in [-0.25, -0.2) is 0 Å². The van der Waals surface area contributed by atoms with Crippen molar-refractivity contribution in [2.24, 2.45) is 0 Å². The number of nitro groups is 1. The molecule has 0 fully saturated rings. The van der Waals surface area contributed by atoms with Gasteiger partial charge in [0, 0.05) is 21.9 Å². The second-order valence-corrected chi connectivity index (χ2v) is 7.07. The molecule has 0 aliphatic rings. The number of rotatable bonds is 5. The van der Waals surface area contributed by atoms with E-state index >= 15 is 0 Å². The van der Waals surface area contributed by atoms with E-state index in [4.69, 9.17) is 11.6 Å². The number of amides is 1. The van der Waals surface area contributed by atoms with E-state index in [0.29, 0.717) is 16.5 Å². The molecule has 0 saturated carbocycles. The van der Waals surface area contributed by atoms with Crippen LogP contribution < -0.4 is 5.32 Å². The Kier molecular flexibility index (Phi) is 5.63. The predicted molar refractivity (Wildman–Crippen MR) is 93.5 cm³/mol. The summed E-state index contributed by atoms with van der Waals surface area (Å²) in [5, 5.41) is 14.0. The second-order valence-electron chi connectivity index (χ2n) is 5.04. The topological polar surface area (TPSA) is 72.2 Å². The number of benzene rings is 2. The van der Waals surface area contributed by atoms with Crippen molar-refractivity contribution in [2.75, 3.05) is 5.32 Å². The molecule has 0 heterocycles. The van der Waals surface area contributed by atoms with Crippen LogP contribution in [0, 0.1) is 10.1 Å². The van der Waals surface area contributed by atoms with Crippen LogP contribution in [0.15, 0.2) is 47.4 Å². The Labute approximate surface area is 143 Å². The van der Waals surface area contributed by atoms with E-state index < -0.39 is 4.92 Å². The predicted octanol–water partition coefficient (Wildman–Crippen LogP) is 5.00. The number of hydrogen-bond acceptors (Lipinski definition) is 4. The lowest BCUT2D eigenvalue weighted by atomic mass is 10.2. The lowest BCUT2D eigenvalue weighted by Crippen LogP contribution is -2.13. The molecule has 0 spiro atoms. The minimum absolute atomic E-state index is 0.0313. The van der Waals surface area contributed by atoms with Crippen LogP contribution in [0.25, 0.3) is 0 Å². The monoisotopic (exact) mass is 350 g/mol. The summed E-state index contributed by atoms with van der Waals surface area (Å²) in [7, 11) is 0. The fourth-order valence-corrected chi connectivity index (χ4v) is 3.08. The van der Waals surface area contributed by atoms with Gasteiger partial charge in [-0.1, -0.05) is 37.6 Å². The highest BCUT2D eigenvalue weighted by atomic mass is 35.5. The zero-order chi connectivity index (χ0) is 17.0. The lowest BCUT2D eigenvalue weighted by Gasteiger charge is -2.11. The molecule has 0 radical (unpaired) electrons. The van der Waals surface area contributed by atoms with Crippen molar-refractivity contribution in [1.29, 1.82) is 0 Å². The maximum Gasteiger partial charge on any atom is 0.289 e. The Hall–Kier alpha value is -2.05. The van der Waals surface area contributed by atoms with Gasteiger partial charge in [-0.05, 0) is 24.3 Å². The third-order valence-corrected chi connectivity index (χ3v) is 4.30. The van der Waals surface area contributed by atoms with Crippen molar-refractivity contribution in [3.05, 3.63) is 63.2 Å². The minimum Gasteiger partial charge on any atom is -0.322 e. The largest absolute Gasteiger partial charge is 0.322 e. The second kappa shape index (κ2) is 7.48. The number of carbonyl (C=O) groups is 1. The smallest absolute Gasteiger partial charge is 0.289 e. The first-order chi connectivity index (χ1) is 10.9. The number of carbonyl (C=O) groups excluding carboxylic acids is 1. The maximum atomic E-state index is 12.5. The molecule has 0 aromatic heterocycles. The molecular formula is C16H15ClN2O3S. The molecule has 0 atom stereocenters. The van der Waals surface area contributed by atoms with E-state index in [0.717, 1.165) is 4.90 Å². The number of nitro benzene ring substituents is 1. The zero-order valence-corrected chi connectivity index (χ0v) is 14.1. The van der Waals surface area contributed by atoms with Crippen LogP contribution in [-0.4, -0.2) is 16.1 Å². The van der Waals surface area contributed by atoms with Gasteiger partial charge in [-0.15, -0.1) is 11.8 Å². The SMILES string of the molecule is CC(C)Sc1ccccc1C(=O)Nc1ccc(Cl)c([N+](=O)[O-])c1. The quantitative estimate of drug-likeness (QED) is 0.468. The van der Waals surface area contributed by atoms with Crippen LogP contribution in [-0.2, 0) is 0 Å². The summed E-state index contributed by atoms with van der Waals surface area (Å²) < 4.78 is 0. The Morgan fingerprint density at radius 3 is 2.61 bits per heavy atom. The van der Waals surface area contributed by atoms with E-state index in [1.807, 2.05) is 26.0 Å². The third-order valence-electron chi connectivity index (χ3n) is 2.90. The van der Waals surface area contributed by atoms with Crippen LogP contribution >= 0.6 is 23.4 Å². The number of hydrogen-bond donors (Lipinski definition) is 1. The summed E-state index contributed by atoms with van der Waals surface area (Å²) in [4.78, 5) is 23.6. The lowest BCUT2D eigenvalue weighted by molar-refractivity contribution is -0.384. The van der Waals surface area contributed by atoms with Crippen LogP contribution in [0.5, 0.6) is 0 Å². The summed E-state index contributed by atoms with van der Waals surface area (Å²) in [6, 6.07) is 11.4. The van der Waals surface area contributed by atoms with Crippen molar-refractivity contribution in [3.8, 4) is 0 Å². The fraction of sp³-hybridized carbons (Fsp3) is 0.188. The number of nitrogens with zero attached hydrogens (tertiary/aromatic N) is 1. The molecule has 0 aliphatic heterocycles. The average Bonchev–Trinajstić information content (AvgIpc) is 2.48. The van der Waals surface area contributed by atoms with E-state index in [1.54, 1.807) is 23.9 Å². The number of halogens is 1. The van der Waals surface area contributed by atoms with E-state index in [-0.39, 0.29) is 16.6 Å².